The van der Waals surface area contributed by atoms with Gasteiger partial charge >= 0.3 is 5.97 Å². The number of nitrogens with zero attached hydrogens (tertiary/aromatic N) is 1. The highest BCUT2D eigenvalue weighted by Crippen LogP contribution is 2.02. The number of hydrogen-bond acceptors (Lipinski definition) is 3. The monoisotopic (exact) mass is 181 g/mol. The highest BCUT2D eigenvalue weighted by molar-refractivity contribution is 5.96. The quantitative estimate of drug-likeness (QED) is 0.717. The van der Waals surface area contributed by atoms with Crippen molar-refractivity contribution in [1.29, 1.82) is 0 Å². The standard InChI is InChI=1S/C9H11NO3/c1-7(8-3-2-6-13-8)10-5-4-9(11)12/h2-3,6H,4-5H2,1H3,(H,11,12). The van der Waals surface area contributed by atoms with Crippen molar-refractivity contribution < 1.29 is 14.3 Å². The first kappa shape index (κ1) is 9.51. The van der Waals surface area contributed by atoms with Crippen LogP contribution in [-0.2, 0) is 4.79 Å². The Hall–Kier alpha value is -1.58. The van der Waals surface area contributed by atoms with E-state index in [1.807, 2.05) is 0 Å². The van der Waals surface area contributed by atoms with Crippen molar-refractivity contribution in [1.82, 2.24) is 0 Å². The SMILES string of the molecule is CC(=NCCC(=O)O)c1ccco1. The number of carbonyl (C=O) groups is 1. The molecular formula is C9H11NO3. The Kier molecular flexibility index (Phi) is 3.25. The van der Waals surface area contributed by atoms with Gasteiger partial charge in [-0.2, -0.15) is 0 Å². The van der Waals surface area contributed by atoms with Crippen LogP contribution in [0.3, 0.4) is 0 Å². The summed E-state index contributed by atoms with van der Waals surface area (Å²) in [5.41, 5.74) is 0.728. The molecule has 0 saturated carbocycles. The van der Waals surface area contributed by atoms with E-state index in [1.54, 1.807) is 25.3 Å². The van der Waals surface area contributed by atoms with E-state index in [4.69, 9.17) is 9.52 Å². The molecule has 0 aliphatic heterocycles. The predicted molar refractivity (Wildman–Crippen MR) is 48.0 cm³/mol. The Balaban J connectivity index is 2.48. The van der Waals surface area contributed by atoms with E-state index in [0.29, 0.717) is 12.3 Å². The fraction of sp³-hybridized carbons (Fsp3) is 0.333. The van der Waals surface area contributed by atoms with Gasteiger partial charge in [-0.15, -0.1) is 0 Å². The maximum absolute atomic E-state index is 10.2. The van der Waals surface area contributed by atoms with Crippen LogP contribution in [0, 0.1) is 0 Å². The molecule has 1 rings (SSSR count). The van der Waals surface area contributed by atoms with Gasteiger partial charge in [-0.3, -0.25) is 9.79 Å². The van der Waals surface area contributed by atoms with Crippen molar-refractivity contribution in [3.8, 4) is 0 Å². The van der Waals surface area contributed by atoms with Gasteiger partial charge in [0.1, 0.15) is 5.76 Å². The molecule has 0 aromatic carbocycles. The summed E-state index contributed by atoms with van der Waals surface area (Å²) in [5.74, 6) is -0.151. The summed E-state index contributed by atoms with van der Waals surface area (Å²) >= 11 is 0. The molecule has 4 nitrogen and oxygen atoms in total. The molecule has 0 saturated heterocycles. The summed E-state index contributed by atoms with van der Waals surface area (Å²) < 4.78 is 5.07. The number of rotatable bonds is 4. The van der Waals surface area contributed by atoms with E-state index in [2.05, 4.69) is 4.99 Å². The minimum Gasteiger partial charge on any atom is -0.481 e. The third-order valence-electron chi connectivity index (χ3n) is 1.55. The van der Waals surface area contributed by atoms with E-state index in [9.17, 15) is 4.79 Å². The molecule has 0 aliphatic carbocycles. The highest BCUT2D eigenvalue weighted by Gasteiger charge is 1.99. The van der Waals surface area contributed by atoms with Gasteiger partial charge in [0.05, 0.1) is 18.4 Å². The molecule has 4 heteroatoms. The first-order chi connectivity index (χ1) is 6.20. The summed E-state index contributed by atoms with van der Waals surface area (Å²) in [6, 6.07) is 3.56. The fourth-order valence-corrected chi connectivity index (χ4v) is 0.882. The Morgan fingerprint density at radius 3 is 3.00 bits per heavy atom. The third kappa shape index (κ3) is 3.11. The molecule has 0 unspecified atom stereocenters. The van der Waals surface area contributed by atoms with Crippen LogP contribution in [0.15, 0.2) is 27.8 Å². The van der Waals surface area contributed by atoms with Crippen LogP contribution in [-0.4, -0.2) is 23.3 Å². The van der Waals surface area contributed by atoms with Crippen molar-refractivity contribution in [2.24, 2.45) is 4.99 Å². The Morgan fingerprint density at radius 1 is 1.69 bits per heavy atom. The summed E-state index contributed by atoms with van der Waals surface area (Å²) in [5, 5.41) is 8.36. The normalized spacial score (nSPS) is 11.6. The van der Waals surface area contributed by atoms with E-state index in [1.165, 1.54) is 0 Å². The lowest BCUT2D eigenvalue weighted by molar-refractivity contribution is -0.136. The molecule has 1 aromatic rings. The zero-order valence-electron chi connectivity index (χ0n) is 7.36. The van der Waals surface area contributed by atoms with E-state index in [-0.39, 0.29) is 6.42 Å². The van der Waals surface area contributed by atoms with Gasteiger partial charge in [-0.25, -0.2) is 0 Å². The fourth-order valence-electron chi connectivity index (χ4n) is 0.882. The molecular weight excluding hydrogens is 170 g/mol. The van der Waals surface area contributed by atoms with Gasteiger partial charge in [0.25, 0.3) is 0 Å². The van der Waals surface area contributed by atoms with Crippen LogP contribution in [0.4, 0.5) is 0 Å². The van der Waals surface area contributed by atoms with Crippen molar-refractivity contribution in [3.05, 3.63) is 24.2 Å². The third-order valence-corrected chi connectivity index (χ3v) is 1.55. The summed E-state index contributed by atoms with van der Waals surface area (Å²) in [6.45, 7) is 2.09. The van der Waals surface area contributed by atoms with Crippen molar-refractivity contribution in [3.63, 3.8) is 0 Å². The number of aliphatic imine (C=N–C) groups is 1. The topological polar surface area (TPSA) is 62.8 Å². The summed E-state index contributed by atoms with van der Waals surface area (Å²) in [4.78, 5) is 14.2. The van der Waals surface area contributed by atoms with E-state index >= 15 is 0 Å². The molecule has 0 aliphatic rings. The maximum Gasteiger partial charge on any atom is 0.305 e. The largest absolute Gasteiger partial charge is 0.481 e. The molecule has 70 valence electrons. The second-order valence-corrected chi connectivity index (χ2v) is 2.59. The van der Waals surface area contributed by atoms with Crippen LogP contribution in [0.5, 0.6) is 0 Å². The zero-order valence-corrected chi connectivity index (χ0v) is 7.36. The van der Waals surface area contributed by atoms with Crippen LogP contribution < -0.4 is 0 Å². The van der Waals surface area contributed by atoms with E-state index in [0.717, 1.165) is 5.71 Å². The van der Waals surface area contributed by atoms with Crippen molar-refractivity contribution in [2.75, 3.05) is 6.54 Å². The molecule has 0 atom stereocenters. The molecule has 0 spiro atoms. The van der Waals surface area contributed by atoms with Gasteiger partial charge in [0.15, 0.2) is 0 Å². The number of hydrogen-bond donors (Lipinski definition) is 1. The van der Waals surface area contributed by atoms with Crippen LogP contribution >= 0.6 is 0 Å². The minimum atomic E-state index is -0.837. The first-order valence-electron chi connectivity index (χ1n) is 3.97. The Bertz CT molecular complexity index is 301. The minimum absolute atomic E-state index is 0.0536. The van der Waals surface area contributed by atoms with Gasteiger partial charge < -0.3 is 9.52 Å². The van der Waals surface area contributed by atoms with Gasteiger partial charge in [-0.05, 0) is 19.1 Å². The van der Waals surface area contributed by atoms with Gasteiger partial charge in [0, 0.05) is 6.54 Å². The van der Waals surface area contributed by atoms with Gasteiger partial charge in [-0.1, -0.05) is 0 Å². The number of furan rings is 1. The van der Waals surface area contributed by atoms with Crippen LogP contribution in [0.1, 0.15) is 19.1 Å². The lowest BCUT2D eigenvalue weighted by Gasteiger charge is -1.94. The lowest BCUT2D eigenvalue weighted by Crippen LogP contribution is -2.00. The number of carboxylic acids is 1. The molecule has 0 fully saturated rings. The van der Waals surface area contributed by atoms with E-state index < -0.39 is 5.97 Å². The molecule has 0 amide bonds. The Morgan fingerprint density at radius 2 is 2.46 bits per heavy atom. The highest BCUT2D eigenvalue weighted by atomic mass is 16.4. The number of carboxylic acid groups (broad SMARTS) is 1. The van der Waals surface area contributed by atoms with Crippen molar-refractivity contribution >= 4 is 11.7 Å². The lowest BCUT2D eigenvalue weighted by atomic mass is 10.3. The molecule has 1 N–H and O–H groups in total. The maximum atomic E-state index is 10.2. The predicted octanol–water partition coefficient (Wildman–Crippen LogP) is 1.56. The average molecular weight is 181 g/mol. The number of aliphatic carboxylic acids is 1. The Labute approximate surface area is 75.9 Å². The second kappa shape index (κ2) is 4.45. The zero-order chi connectivity index (χ0) is 9.68. The molecule has 0 radical (unpaired) electrons. The smallest absolute Gasteiger partial charge is 0.305 e. The summed E-state index contributed by atoms with van der Waals surface area (Å²) in [7, 11) is 0. The molecule has 0 bridgehead atoms. The molecule has 1 aromatic heterocycles. The molecule has 13 heavy (non-hydrogen) atoms. The summed E-state index contributed by atoms with van der Waals surface area (Å²) in [6.07, 6.45) is 1.61. The first-order valence-corrected chi connectivity index (χ1v) is 3.97. The van der Waals surface area contributed by atoms with Crippen molar-refractivity contribution in [2.45, 2.75) is 13.3 Å². The van der Waals surface area contributed by atoms with Gasteiger partial charge in [0.2, 0.25) is 0 Å². The van der Waals surface area contributed by atoms with Crippen LogP contribution in [0.25, 0.3) is 0 Å². The molecule has 1 heterocycles. The van der Waals surface area contributed by atoms with Crippen LogP contribution in [0.2, 0.25) is 0 Å². The average Bonchev–Trinajstić information content (AvgIpc) is 2.55. The second-order valence-electron chi connectivity index (χ2n) is 2.59.